The first kappa shape index (κ1) is 16.7. The van der Waals surface area contributed by atoms with Crippen LogP contribution in [0.2, 0.25) is 0 Å². The number of halogens is 3. The number of aryl methyl sites for hydroxylation is 1. The number of nitrogens with one attached hydrogen (secondary N) is 1. The van der Waals surface area contributed by atoms with E-state index >= 15 is 0 Å². The van der Waals surface area contributed by atoms with Gasteiger partial charge in [0.15, 0.2) is 0 Å². The van der Waals surface area contributed by atoms with Gasteiger partial charge in [-0.05, 0) is 18.6 Å². The second-order valence-corrected chi connectivity index (χ2v) is 5.21. The van der Waals surface area contributed by atoms with E-state index in [0.717, 1.165) is 24.0 Å². The topological polar surface area (TPSA) is 68.0 Å². The van der Waals surface area contributed by atoms with Crippen LogP contribution in [0, 0.1) is 6.92 Å². The number of nitrogens with zero attached hydrogens (tertiary/aromatic N) is 2. The maximum absolute atomic E-state index is 13.1. The van der Waals surface area contributed by atoms with E-state index in [0.29, 0.717) is 11.3 Å². The average molecular weight is 347 g/mol. The Hall–Kier alpha value is -3.16. The Labute approximate surface area is 140 Å². The lowest BCUT2D eigenvalue weighted by atomic mass is 10.1. The molecule has 0 saturated carbocycles. The summed E-state index contributed by atoms with van der Waals surface area (Å²) in [7, 11) is 0. The number of carbonyl (C=O) groups excluding carboxylic acids is 1. The second kappa shape index (κ2) is 6.39. The number of amides is 1. The zero-order chi connectivity index (χ0) is 18.0. The summed E-state index contributed by atoms with van der Waals surface area (Å²) in [4.78, 5) is 15.9. The van der Waals surface area contributed by atoms with Gasteiger partial charge >= 0.3 is 6.18 Å². The number of benzene rings is 1. The SMILES string of the molecule is Cc1noc(NC(=O)c2cnccc2C(F)(F)F)c1-c1ccccc1. The molecule has 0 bridgehead atoms. The average Bonchev–Trinajstić information content (AvgIpc) is 2.95. The minimum atomic E-state index is -4.67. The lowest BCUT2D eigenvalue weighted by Gasteiger charge is -2.11. The van der Waals surface area contributed by atoms with Gasteiger partial charge in [0.05, 0.1) is 22.4 Å². The fourth-order valence-corrected chi connectivity index (χ4v) is 2.39. The molecule has 0 fully saturated rings. The molecule has 3 rings (SSSR count). The molecule has 0 saturated heterocycles. The Morgan fingerprint density at radius 2 is 1.88 bits per heavy atom. The monoisotopic (exact) mass is 347 g/mol. The molecule has 0 aliphatic heterocycles. The van der Waals surface area contributed by atoms with E-state index < -0.39 is 23.2 Å². The number of anilines is 1. The fourth-order valence-electron chi connectivity index (χ4n) is 2.39. The van der Waals surface area contributed by atoms with Gasteiger partial charge in [-0.25, -0.2) is 0 Å². The van der Waals surface area contributed by atoms with E-state index in [2.05, 4.69) is 15.5 Å². The summed E-state index contributed by atoms with van der Waals surface area (Å²) < 4.78 is 44.2. The predicted octanol–water partition coefficient (Wildman–Crippen LogP) is 4.32. The van der Waals surface area contributed by atoms with Crippen LogP contribution in [-0.2, 0) is 6.18 Å². The van der Waals surface area contributed by atoms with E-state index in [1.165, 1.54) is 0 Å². The van der Waals surface area contributed by atoms with Crippen LogP contribution < -0.4 is 5.32 Å². The molecule has 0 spiro atoms. The highest BCUT2D eigenvalue weighted by Gasteiger charge is 2.35. The van der Waals surface area contributed by atoms with Gasteiger partial charge in [0.2, 0.25) is 5.88 Å². The molecule has 128 valence electrons. The predicted molar refractivity (Wildman–Crippen MR) is 83.9 cm³/mol. The fraction of sp³-hybridized carbons (Fsp3) is 0.118. The summed E-state index contributed by atoms with van der Waals surface area (Å²) in [5.74, 6) is -1.00. The van der Waals surface area contributed by atoms with E-state index in [9.17, 15) is 18.0 Å². The maximum Gasteiger partial charge on any atom is 0.417 e. The quantitative estimate of drug-likeness (QED) is 0.766. The van der Waals surface area contributed by atoms with Crippen molar-refractivity contribution in [3.63, 3.8) is 0 Å². The lowest BCUT2D eigenvalue weighted by molar-refractivity contribution is -0.138. The van der Waals surface area contributed by atoms with E-state index in [4.69, 9.17) is 4.52 Å². The van der Waals surface area contributed by atoms with Gasteiger partial charge < -0.3 is 4.52 Å². The molecule has 0 aliphatic carbocycles. The molecule has 1 N–H and O–H groups in total. The van der Waals surface area contributed by atoms with E-state index in [1.807, 2.05) is 6.07 Å². The van der Waals surface area contributed by atoms with Gasteiger partial charge in [0.25, 0.3) is 5.91 Å². The van der Waals surface area contributed by atoms with Crippen LogP contribution >= 0.6 is 0 Å². The zero-order valence-corrected chi connectivity index (χ0v) is 13.0. The smallest absolute Gasteiger partial charge is 0.337 e. The van der Waals surface area contributed by atoms with Crippen molar-refractivity contribution in [2.45, 2.75) is 13.1 Å². The molecule has 2 heterocycles. The van der Waals surface area contributed by atoms with Gasteiger partial charge in [-0.3, -0.25) is 15.1 Å². The molecular weight excluding hydrogens is 335 g/mol. The molecule has 3 aromatic rings. The number of hydrogen-bond acceptors (Lipinski definition) is 4. The molecule has 5 nitrogen and oxygen atoms in total. The molecule has 0 atom stereocenters. The number of aromatic nitrogens is 2. The van der Waals surface area contributed by atoms with Crippen molar-refractivity contribution < 1.29 is 22.5 Å². The number of pyridine rings is 1. The molecule has 8 heteroatoms. The number of alkyl halides is 3. The molecule has 25 heavy (non-hydrogen) atoms. The zero-order valence-electron chi connectivity index (χ0n) is 13.0. The normalized spacial score (nSPS) is 11.4. The van der Waals surface area contributed by atoms with Gasteiger partial charge in [-0.2, -0.15) is 13.2 Å². The third kappa shape index (κ3) is 3.37. The Morgan fingerprint density at radius 3 is 2.56 bits per heavy atom. The molecular formula is C17H12F3N3O2. The highest BCUT2D eigenvalue weighted by Crippen LogP contribution is 2.34. The van der Waals surface area contributed by atoms with Crippen LogP contribution in [-0.4, -0.2) is 16.0 Å². The van der Waals surface area contributed by atoms with Gasteiger partial charge in [0.1, 0.15) is 0 Å². The van der Waals surface area contributed by atoms with Crippen LogP contribution in [0.4, 0.5) is 19.1 Å². The third-order valence-corrected chi connectivity index (χ3v) is 3.52. The summed E-state index contributed by atoms with van der Waals surface area (Å²) in [5, 5.41) is 6.13. The van der Waals surface area contributed by atoms with Crippen molar-refractivity contribution >= 4 is 11.8 Å². The van der Waals surface area contributed by atoms with Crippen molar-refractivity contribution in [1.29, 1.82) is 0 Å². The summed E-state index contributed by atoms with van der Waals surface area (Å²) in [5.41, 5.74) is 0.0643. The summed E-state index contributed by atoms with van der Waals surface area (Å²) >= 11 is 0. The van der Waals surface area contributed by atoms with Crippen molar-refractivity contribution in [1.82, 2.24) is 10.1 Å². The van der Waals surface area contributed by atoms with Crippen LogP contribution in [0.1, 0.15) is 21.6 Å². The number of carbonyl (C=O) groups is 1. The Kier molecular flexibility index (Phi) is 4.26. The van der Waals surface area contributed by atoms with Crippen molar-refractivity contribution in [2.75, 3.05) is 5.32 Å². The van der Waals surface area contributed by atoms with Gasteiger partial charge in [0, 0.05) is 12.4 Å². The first-order valence-corrected chi connectivity index (χ1v) is 7.22. The minimum absolute atomic E-state index is 0.0225. The van der Waals surface area contributed by atoms with E-state index in [1.54, 1.807) is 31.2 Å². The first-order chi connectivity index (χ1) is 11.9. The molecule has 2 aromatic heterocycles. The standard InChI is InChI=1S/C17H12F3N3O2/c1-10-14(11-5-3-2-4-6-11)16(25-23-10)22-15(24)12-9-21-8-7-13(12)17(18,19)20/h2-9H,1H3,(H,22,24). The first-order valence-electron chi connectivity index (χ1n) is 7.22. The van der Waals surface area contributed by atoms with Crippen LogP contribution in [0.25, 0.3) is 11.1 Å². The largest absolute Gasteiger partial charge is 0.417 e. The van der Waals surface area contributed by atoms with Crippen LogP contribution in [0.5, 0.6) is 0 Å². The van der Waals surface area contributed by atoms with E-state index in [-0.39, 0.29) is 5.88 Å². The van der Waals surface area contributed by atoms with Gasteiger partial charge in [-0.15, -0.1) is 0 Å². The number of rotatable bonds is 3. The minimum Gasteiger partial charge on any atom is -0.337 e. The maximum atomic E-state index is 13.1. The molecule has 0 unspecified atom stereocenters. The number of hydrogen-bond donors (Lipinski definition) is 1. The molecule has 1 amide bonds. The summed E-state index contributed by atoms with van der Waals surface area (Å²) in [6, 6.07) is 9.70. The van der Waals surface area contributed by atoms with Crippen LogP contribution in [0.15, 0.2) is 53.3 Å². The van der Waals surface area contributed by atoms with Crippen molar-refractivity contribution in [3.8, 4) is 11.1 Å². The summed E-state index contributed by atoms with van der Waals surface area (Å²) in [6.45, 7) is 1.67. The Bertz CT molecular complexity index is 905. The van der Waals surface area contributed by atoms with Crippen molar-refractivity contribution in [2.24, 2.45) is 0 Å². The Balaban J connectivity index is 1.97. The summed E-state index contributed by atoms with van der Waals surface area (Å²) in [6.07, 6.45) is -2.83. The van der Waals surface area contributed by atoms with Crippen molar-refractivity contribution in [3.05, 3.63) is 65.6 Å². The Morgan fingerprint density at radius 1 is 1.16 bits per heavy atom. The molecule has 0 radical (unpaired) electrons. The molecule has 0 aliphatic rings. The second-order valence-electron chi connectivity index (χ2n) is 5.21. The highest BCUT2D eigenvalue weighted by molar-refractivity contribution is 6.06. The molecule has 1 aromatic carbocycles. The van der Waals surface area contributed by atoms with Crippen LogP contribution in [0.3, 0.4) is 0 Å². The third-order valence-electron chi connectivity index (χ3n) is 3.52. The van der Waals surface area contributed by atoms with Gasteiger partial charge in [-0.1, -0.05) is 35.5 Å². The lowest BCUT2D eigenvalue weighted by Crippen LogP contribution is -2.19. The highest BCUT2D eigenvalue weighted by atomic mass is 19.4.